The van der Waals surface area contributed by atoms with Crippen molar-refractivity contribution in [2.45, 2.75) is 0 Å². The zero-order valence-electron chi connectivity index (χ0n) is 5.50. The van der Waals surface area contributed by atoms with Crippen LogP contribution in [0.4, 0.5) is 8.78 Å². The Labute approximate surface area is 76.9 Å². The van der Waals surface area contributed by atoms with Crippen LogP contribution in [0.25, 0.3) is 0 Å². The van der Waals surface area contributed by atoms with Crippen molar-refractivity contribution in [3.63, 3.8) is 0 Å². The van der Waals surface area contributed by atoms with Crippen molar-refractivity contribution in [2.24, 2.45) is 0 Å². The van der Waals surface area contributed by atoms with E-state index in [1.165, 1.54) is 6.29 Å². The quantitative estimate of drug-likeness (QED) is 0.514. The predicted molar refractivity (Wildman–Crippen MR) is 41.2 cm³/mol. The average Bonchev–Trinajstić information content (AvgIpc) is 2.08. The van der Waals surface area contributed by atoms with E-state index >= 15 is 0 Å². The molecular weight excluding hydrogens is 209 g/mol. The van der Waals surface area contributed by atoms with E-state index in [2.05, 4.69) is 0 Å². The van der Waals surface area contributed by atoms with E-state index < -0.39 is 27.2 Å². The van der Waals surface area contributed by atoms with Crippen LogP contribution in [0.3, 0.4) is 0 Å². The van der Waals surface area contributed by atoms with E-state index in [0.29, 0.717) is 0 Å². The van der Waals surface area contributed by atoms with Gasteiger partial charge < -0.3 is 0 Å². The van der Waals surface area contributed by atoms with Crippen molar-refractivity contribution >= 4 is 29.5 Å². The standard InChI is InChI=1S/C7HCl2F2O/c8-4-1-3(2-12)6(10)5(9)7(4)11/h1H. The molecule has 1 rings (SSSR count). The van der Waals surface area contributed by atoms with Gasteiger partial charge in [-0.3, -0.25) is 4.79 Å². The first-order valence-electron chi connectivity index (χ1n) is 2.79. The van der Waals surface area contributed by atoms with Gasteiger partial charge in [0.25, 0.3) is 0 Å². The number of hydrogen-bond donors (Lipinski definition) is 0. The number of hydrogen-bond acceptors (Lipinski definition) is 1. The second-order valence-electron chi connectivity index (χ2n) is 1.95. The maximum absolute atomic E-state index is 12.7. The third kappa shape index (κ3) is 1.42. The highest BCUT2D eigenvalue weighted by Gasteiger charge is 2.15. The molecule has 0 saturated heterocycles. The highest BCUT2D eigenvalue weighted by atomic mass is 35.5. The van der Waals surface area contributed by atoms with Gasteiger partial charge in [-0.15, -0.1) is 0 Å². The molecule has 0 heterocycles. The third-order valence-corrected chi connectivity index (χ3v) is 1.82. The largest absolute Gasteiger partial charge is 0.285 e. The van der Waals surface area contributed by atoms with Crippen LogP contribution < -0.4 is 0 Å². The van der Waals surface area contributed by atoms with Crippen LogP contribution in [-0.2, 0) is 4.79 Å². The van der Waals surface area contributed by atoms with Crippen LogP contribution in [0, 0.1) is 11.6 Å². The Balaban J connectivity index is 3.49. The molecule has 0 aliphatic rings. The summed E-state index contributed by atoms with van der Waals surface area (Å²) in [5.74, 6) is -2.22. The van der Waals surface area contributed by atoms with Gasteiger partial charge in [0.2, 0.25) is 6.29 Å². The lowest BCUT2D eigenvalue weighted by Crippen LogP contribution is -1.93. The minimum absolute atomic E-state index is 0.403. The normalized spacial score (nSPS) is 10.0. The molecule has 0 aliphatic carbocycles. The smallest absolute Gasteiger partial charge is 0.236 e. The summed E-state index contributed by atoms with van der Waals surface area (Å²) in [7, 11) is 0. The molecule has 0 spiro atoms. The molecule has 12 heavy (non-hydrogen) atoms. The van der Waals surface area contributed by atoms with Gasteiger partial charge in [-0.25, -0.2) is 8.78 Å². The minimum Gasteiger partial charge on any atom is -0.285 e. The first-order chi connectivity index (χ1) is 5.57. The maximum Gasteiger partial charge on any atom is 0.236 e. The summed E-state index contributed by atoms with van der Waals surface area (Å²) in [5, 5.41) is -1.19. The van der Waals surface area contributed by atoms with Crippen LogP contribution in [-0.4, -0.2) is 6.29 Å². The third-order valence-electron chi connectivity index (χ3n) is 1.21. The molecule has 0 saturated carbocycles. The molecular formula is C7HCl2F2O. The molecule has 1 nitrogen and oxygen atoms in total. The Kier molecular flexibility index (Phi) is 2.65. The summed E-state index contributed by atoms with van der Waals surface area (Å²) in [6, 6.07) is 0.825. The number of carbonyl (C=O) groups excluding carboxylic acids is 1. The Morgan fingerprint density at radius 3 is 2.33 bits per heavy atom. The number of halogens is 4. The predicted octanol–water partition coefficient (Wildman–Crippen LogP) is 2.73. The lowest BCUT2D eigenvalue weighted by atomic mass is 10.2. The lowest BCUT2D eigenvalue weighted by Gasteiger charge is -2.00. The fourth-order valence-electron chi connectivity index (χ4n) is 0.647. The molecule has 1 aromatic rings. The SMILES string of the molecule is O=[C]c1cc(Cl)c(F)c(Cl)c1F. The summed E-state index contributed by atoms with van der Waals surface area (Å²) >= 11 is 10.4. The van der Waals surface area contributed by atoms with E-state index in [1.807, 2.05) is 0 Å². The zero-order valence-corrected chi connectivity index (χ0v) is 7.01. The van der Waals surface area contributed by atoms with E-state index in [4.69, 9.17) is 23.2 Å². The summed E-state index contributed by atoms with van der Waals surface area (Å²) in [4.78, 5) is 10.0. The molecule has 0 aromatic heterocycles. The monoisotopic (exact) mass is 209 g/mol. The van der Waals surface area contributed by atoms with Gasteiger partial charge in [0.1, 0.15) is 5.02 Å². The highest BCUT2D eigenvalue weighted by molar-refractivity contribution is 6.35. The van der Waals surface area contributed by atoms with Crippen molar-refractivity contribution in [1.82, 2.24) is 0 Å². The molecule has 1 radical (unpaired) electrons. The molecule has 63 valence electrons. The molecule has 5 heteroatoms. The van der Waals surface area contributed by atoms with Crippen molar-refractivity contribution in [1.29, 1.82) is 0 Å². The molecule has 0 bridgehead atoms. The van der Waals surface area contributed by atoms with Crippen molar-refractivity contribution in [2.75, 3.05) is 0 Å². The first kappa shape index (κ1) is 9.42. The van der Waals surface area contributed by atoms with Gasteiger partial charge >= 0.3 is 0 Å². The first-order valence-corrected chi connectivity index (χ1v) is 3.54. The zero-order chi connectivity index (χ0) is 9.30. The Bertz CT molecular complexity index is 339. The van der Waals surface area contributed by atoms with E-state index in [1.54, 1.807) is 0 Å². The highest BCUT2D eigenvalue weighted by Crippen LogP contribution is 2.27. The molecule has 1 aromatic carbocycles. The summed E-state index contributed by atoms with van der Waals surface area (Å²) < 4.78 is 25.4. The molecule has 0 fully saturated rings. The fraction of sp³-hybridized carbons (Fsp3) is 0. The number of benzene rings is 1. The van der Waals surface area contributed by atoms with Gasteiger partial charge in [0, 0.05) is 0 Å². The van der Waals surface area contributed by atoms with Gasteiger partial charge in [0.15, 0.2) is 11.6 Å². The van der Waals surface area contributed by atoms with Gasteiger partial charge in [-0.2, -0.15) is 0 Å². The topological polar surface area (TPSA) is 17.1 Å². The van der Waals surface area contributed by atoms with Crippen molar-refractivity contribution < 1.29 is 13.6 Å². The fourth-order valence-corrected chi connectivity index (χ4v) is 1.10. The Hall–Kier alpha value is -0.670. The maximum atomic E-state index is 12.7. The van der Waals surface area contributed by atoms with Crippen LogP contribution in [0.2, 0.25) is 10.0 Å². The van der Waals surface area contributed by atoms with Gasteiger partial charge in [0.05, 0.1) is 10.6 Å². The van der Waals surface area contributed by atoms with E-state index in [0.717, 1.165) is 6.07 Å². The van der Waals surface area contributed by atoms with Crippen LogP contribution >= 0.6 is 23.2 Å². The Morgan fingerprint density at radius 2 is 1.83 bits per heavy atom. The second kappa shape index (κ2) is 3.37. The molecule has 0 unspecified atom stereocenters. The average molecular weight is 210 g/mol. The molecule has 0 N–H and O–H groups in total. The van der Waals surface area contributed by atoms with Crippen molar-refractivity contribution in [3.05, 3.63) is 33.3 Å². The summed E-state index contributed by atoms with van der Waals surface area (Å²) in [5.41, 5.74) is -0.480. The second-order valence-corrected chi connectivity index (χ2v) is 2.74. The minimum atomic E-state index is -1.14. The van der Waals surface area contributed by atoms with E-state index in [-0.39, 0.29) is 0 Å². The lowest BCUT2D eigenvalue weighted by molar-refractivity contribution is 0.552. The summed E-state index contributed by atoms with van der Waals surface area (Å²) in [6.45, 7) is 0. The summed E-state index contributed by atoms with van der Waals surface area (Å²) in [6.07, 6.45) is 1.24. The molecule has 0 aliphatic heterocycles. The molecule has 0 atom stereocenters. The van der Waals surface area contributed by atoms with Crippen LogP contribution in [0.15, 0.2) is 6.07 Å². The van der Waals surface area contributed by atoms with Gasteiger partial charge in [-0.1, -0.05) is 23.2 Å². The molecule has 0 amide bonds. The Morgan fingerprint density at radius 1 is 1.25 bits per heavy atom. The van der Waals surface area contributed by atoms with E-state index in [9.17, 15) is 13.6 Å². The number of rotatable bonds is 1. The van der Waals surface area contributed by atoms with Crippen LogP contribution in [0.1, 0.15) is 5.56 Å². The van der Waals surface area contributed by atoms with Crippen LogP contribution in [0.5, 0.6) is 0 Å². The van der Waals surface area contributed by atoms with Gasteiger partial charge in [-0.05, 0) is 6.07 Å². The van der Waals surface area contributed by atoms with Crippen molar-refractivity contribution in [3.8, 4) is 0 Å².